The van der Waals surface area contributed by atoms with E-state index in [1.54, 1.807) is 0 Å². The van der Waals surface area contributed by atoms with Gasteiger partial charge >= 0.3 is 0 Å². The van der Waals surface area contributed by atoms with Gasteiger partial charge in [0.2, 0.25) is 0 Å². The van der Waals surface area contributed by atoms with Gasteiger partial charge in [0.05, 0.1) is 0 Å². The molecule has 0 bridgehead atoms. The molecule has 1 aliphatic heterocycles. The van der Waals surface area contributed by atoms with Gasteiger partial charge in [0.15, 0.2) is 0 Å². The molecule has 0 aromatic heterocycles. The summed E-state index contributed by atoms with van der Waals surface area (Å²) in [6.07, 6.45) is 1.04. The Labute approximate surface area is 101 Å². The van der Waals surface area contributed by atoms with E-state index < -0.39 is 6.17 Å². The molecule has 0 radical (unpaired) electrons. The topological polar surface area (TPSA) is 26.0 Å². The zero-order chi connectivity index (χ0) is 11.4. The van der Waals surface area contributed by atoms with E-state index in [9.17, 15) is 4.39 Å². The summed E-state index contributed by atoms with van der Waals surface area (Å²) in [5, 5.41) is 0. The predicted molar refractivity (Wildman–Crippen MR) is 68.5 cm³/mol. The molecular weight excluding hydrogens is 221 g/mol. The summed E-state index contributed by atoms with van der Waals surface area (Å²) in [6, 6.07) is 7.83. The van der Waals surface area contributed by atoms with Gasteiger partial charge in [-0.25, -0.2) is 4.39 Å². The monoisotopic (exact) mass is 239 g/mol. The maximum Gasteiger partial charge on any atom is 0.129 e. The molecule has 1 nitrogen and oxygen atoms in total. The Bertz CT molecular complexity index is 336. The van der Waals surface area contributed by atoms with Crippen molar-refractivity contribution < 1.29 is 4.39 Å². The summed E-state index contributed by atoms with van der Waals surface area (Å²) in [5.41, 5.74) is 7.49. The van der Waals surface area contributed by atoms with Crippen LogP contribution in [-0.4, -0.2) is 18.1 Å². The first-order valence-electron chi connectivity index (χ1n) is 5.82. The minimum atomic E-state index is -0.798. The van der Waals surface area contributed by atoms with Gasteiger partial charge in [0.1, 0.15) is 6.17 Å². The third-order valence-corrected chi connectivity index (χ3v) is 4.27. The van der Waals surface area contributed by atoms with Gasteiger partial charge in [0, 0.05) is 5.92 Å². The van der Waals surface area contributed by atoms with Gasteiger partial charge < -0.3 is 5.73 Å². The number of hydrogen-bond acceptors (Lipinski definition) is 2. The second kappa shape index (κ2) is 5.69. The van der Waals surface area contributed by atoms with Gasteiger partial charge in [-0.1, -0.05) is 24.3 Å². The summed E-state index contributed by atoms with van der Waals surface area (Å²) < 4.78 is 14.2. The molecule has 88 valence electrons. The second-order valence-corrected chi connectivity index (χ2v) is 5.46. The highest BCUT2D eigenvalue weighted by molar-refractivity contribution is 7.99. The largest absolute Gasteiger partial charge is 0.330 e. The minimum absolute atomic E-state index is 0.207. The maximum atomic E-state index is 14.2. The first-order chi connectivity index (χ1) is 7.81. The molecule has 2 unspecified atom stereocenters. The van der Waals surface area contributed by atoms with Crippen LogP contribution >= 0.6 is 11.8 Å². The lowest BCUT2D eigenvalue weighted by molar-refractivity contribution is 0.251. The van der Waals surface area contributed by atoms with Crippen LogP contribution < -0.4 is 5.73 Å². The molecule has 2 atom stereocenters. The van der Waals surface area contributed by atoms with Gasteiger partial charge in [-0.2, -0.15) is 11.8 Å². The van der Waals surface area contributed by atoms with Crippen LogP contribution in [0.25, 0.3) is 0 Å². The van der Waals surface area contributed by atoms with E-state index in [1.807, 2.05) is 36.0 Å². The van der Waals surface area contributed by atoms with Crippen molar-refractivity contribution in [3.8, 4) is 0 Å². The van der Waals surface area contributed by atoms with Crippen LogP contribution in [0.1, 0.15) is 23.7 Å². The molecule has 0 aliphatic carbocycles. The molecule has 2 N–H and O–H groups in total. The smallest absolute Gasteiger partial charge is 0.129 e. The molecule has 1 aromatic rings. The van der Waals surface area contributed by atoms with E-state index in [-0.39, 0.29) is 5.92 Å². The van der Waals surface area contributed by atoms with Crippen LogP contribution in [0.4, 0.5) is 4.39 Å². The van der Waals surface area contributed by atoms with E-state index in [4.69, 9.17) is 5.73 Å². The standard InChI is InChI=1S/C13H18FNS/c14-13(12-5-7-16-9-12)11-3-1-2-10(8-11)4-6-15/h1-3,8,12-13H,4-7,9,15H2. The van der Waals surface area contributed by atoms with E-state index in [0.29, 0.717) is 6.54 Å². The SMILES string of the molecule is NCCc1cccc(C(F)C2CCSC2)c1. The van der Waals surface area contributed by atoms with Crippen molar-refractivity contribution >= 4 is 11.8 Å². The maximum absolute atomic E-state index is 14.2. The number of alkyl halides is 1. The Morgan fingerprint density at radius 3 is 3.06 bits per heavy atom. The molecule has 3 heteroatoms. The number of halogens is 1. The van der Waals surface area contributed by atoms with Gasteiger partial charge in [-0.05, 0) is 42.0 Å². The lowest BCUT2D eigenvalue weighted by Gasteiger charge is -2.15. The Kier molecular flexibility index (Phi) is 4.24. The van der Waals surface area contributed by atoms with Crippen LogP contribution in [0, 0.1) is 5.92 Å². The number of rotatable bonds is 4. The van der Waals surface area contributed by atoms with E-state index >= 15 is 0 Å². The van der Waals surface area contributed by atoms with Crippen LogP contribution in [0.3, 0.4) is 0 Å². The van der Waals surface area contributed by atoms with Crippen molar-refractivity contribution in [2.75, 3.05) is 18.1 Å². The second-order valence-electron chi connectivity index (χ2n) is 4.31. The molecule has 0 saturated carbocycles. The molecule has 1 saturated heterocycles. The quantitative estimate of drug-likeness (QED) is 0.874. The zero-order valence-electron chi connectivity index (χ0n) is 9.36. The molecule has 1 aliphatic rings. The summed E-state index contributed by atoms with van der Waals surface area (Å²) >= 11 is 1.86. The van der Waals surface area contributed by atoms with Crippen molar-refractivity contribution in [1.82, 2.24) is 0 Å². The van der Waals surface area contributed by atoms with Crippen molar-refractivity contribution in [2.45, 2.75) is 19.0 Å². The lowest BCUT2D eigenvalue weighted by atomic mass is 9.95. The highest BCUT2D eigenvalue weighted by atomic mass is 32.2. The summed E-state index contributed by atoms with van der Waals surface area (Å²) in [7, 11) is 0. The number of thioether (sulfide) groups is 1. The summed E-state index contributed by atoms with van der Waals surface area (Å²) in [6.45, 7) is 0.625. The van der Waals surface area contributed by atoms with Gasteiger partial charge in [-0.3, -0.25) is 0 Å². The lowest BCUT2D eigenvalue weighted by Crippen LogP contribution is -2.09. The average Bonchev–Trinajstić information content (AvgIpc) is 2.82. The Balaban J connectivity index is 2.09. The fourth-order valence-corrected chi connectivity index (χ4v) is 3.42. The van der Waals surface area contributed by atoms with Crippen molar-refractivity contribution in [3.63, 3.8) is 0 Å². The number of hydrogen-bond donors (Lipinski definition) is 1. The first-order valence-corrected chi connectivity index (χ1v) is 6.97. The Hall–Kier alpha value is -0.540. The predicted octanol–water partition coefficient (Wildman–Crippen LogP) is 2.95. The fourth-order valence-electron chi connectivity index (χ4n) is 2.14. The first kappa shape index (κ1) is 11.9. The fraction of sp³-hybridized carbons (Fsp3) is 0.538. The van der Waals surface area contributed by atoms with Crippen LogP contribution in [-0.2, 0) is 6.42 Å². The van der Waals surface area contributed by atoms with Crippen LogP contribution in [0.5, 0.6) is 0 Å². The molecule has 16 heavy (non-hydrogen) atoms. The van der Waals surface area contributed by atoms with Crippen molar-refractivity contribution in [1.29, 1.82) is 0 Å². The third-order valence-electron chi connectivity index (χ3n) is 3.08. The van der Waals surface area contributed by atoms with Crippen molar-refractivity contribution in [3.05, 3.63) is 35.4 Å². The Morgan fingerprint density at radius 2 is 2.38 bits per heavy atom. The molecule has 0 amide bonds. The molecule has 0 spiro atoms. The zero-order valence-corrected chi connectivity index (χ0v) is 10.2. The molecule has 2 rings (SSSR count). The summed E-state index contributed by atoms with van der Waals surface area (Å²) in [5.74, 6) is 2.27. The number of nitrogens with two attached hydrogens (primary N) is 1. The highest BCUT2D eigenvalue weighted by Gasteiger charge is 2.26. The van der Waals surface area contributed by atoms with Gasteiger partial charge in [0.25, 0.3) is 0 Å². The van der Waals surface area contributed by atoms with E-state index in [1.165, 1.54) is 0 Å². The third kappa shape index (κ3) is 2.77. The average molecular weight is 239 g/mol. The van der Waals surface area contributed by atoms with Crippen LogP contribution in [0.2, 0.25) is 0 Å². The summed E-state index contributed by atoms with van der Waals surface area (Å²) in [4.78, 5) is 0. The molecule has 1 aromatic carbocycles. The molecule has 1 fully saturated rings. The Morgan fingerprint density at radius 1 is 1.50 bits per heavy atom. The van der Waals surface area contributed by atoms with Crippen molar-refractivity contribution in [2.24, 2.45) is 11.7 Å². The number of benzene rings is 1. The van der Waals surface area contributed by atoms with Gasteiger partial charge in [-0.15, -0.1) is 0 Å². The van der Waals surface area contributed by atoms with Crippen LogP contribution in [0.15, 0.2) is 24.3 Å². The molecular formula is C13H18FNS. The van der Waals surface area contributed by atoms with E-state index in [0.717, 1.165) is 35.5 Å². The minimum Gasteiger partial charge on any atom is -0.330 e. The van der Waals surface area contributed by atoms with E-state index in [2.05, 4.69) is 0 Å². The highest BCUT2D eigenvalue weighted by Crippen LogP contribution is 2.36. The normalized spacial score (nSPS) is 22.2. The molecule has 1 heterocycles.